The Bertz CT molecular complexity index is 821. The molecule has 0 unspecified atom stereocenters. The van der Waals surface area contributed by atoms with Gasteiger partial charge in [0.1, 0.15) is 6.26 Å². The summed E-state index contributed by atoms with van der Waals surface area (Å²) >= 11 is 0. The molecule has 0 aliphatic carbocycles. The zero-order valence-electron chi connectivity index (χ0n) is 13.9. The van der Waals surface area contributed by atoms with Gasteiger partial charge in [-0.15, -0.1) is 0 Å². The number of halogens is 3. The van der Waals surface area contributed by atoms with Crippen molar-refractivity contribution < 1.29 is 32.2 Å². The lowest BCUT2D eigenvalue weighted by molar-refractivity contribution is -0.138. The topological polar surface area (TPSA) is 88.7 Å². The molecule has 0 aromatic carbocycles. The number of likely N-dealkylation sites (tertiary alicyclic amines) is 1. The second-order valence-corrected chi connectivity index (χ2v) is 6.02. The lowest BCUT2D eigenvalue weighted by Gasteiger charge is -2.42. The number of nitrogens with zero attached hydrogens (tertiary/aromatic N) is 3. The van der Waals surface area contributed by atoms with Crippen molar-refractivity contribution in [2.24, 2.45) is 0 Å². The van der Waals surface area contributed by atoms with E-state index < -0.39 is 17.8 Å². The molecule has 1 saturated heterocycles. The molecule has 0 spiro atoms. The number of carbonyl (C=O) groups is 1. The molecule has 0 radical (unpaired) electrons. The largest absolute Gasteiger partial charge is 0.468 e. The molecule has 3 rings (SSSR count). The number of aromatic nitrogens is 2. The Morgan fingerprint density at radius 3 is 2.81 bits per heavy atom. The molecule has 2 aromatic heterocycles. The van der Waals surface area contributed by atoms with Gasteiger partial charge in [0, 0.05) is 18.8 Å². The Kier molecular flexibility index (Phi) is 4.61. The Morgan fingerprint density at radius 1 is 1.50 bits per heavy atom. The zero-order valence-corrected chi connectivity index (χ0v) is 13.9. The first-order valence-electron chi connectivity index (χ1n) is 7.77. The first-order chi connectivity index (χ1) is 12.2. The van der Waals surface area contributed by atoms with Crippen LogP contribution in [0.15, 0.2) is 22.9 Å². The second-order valence-electron chi connectivity index (χ2n) is 6.02. The van der Waals surface area contributed by atoms with E-state index in [1.165, 1.54) is 24.2 Å². The van der Waals surface area contributed by atoms with Crippen LogP contribution in [0, 0.1) is 6.92 Å². The summed E-state index contributed by atoms with van der Waals surface area (Å²) in [5.74, 6) is -0.302. The van der Waals surface area contributed by atoms with Crippen LogP contribution in [0.3, 0.4) is 0 Å². The van der Waals surface area contributed by atoms with Gasteiger partial charge >= 0.3 is 6.18 Å². The summed E-state index contributed by atoms with van der Waals surface area (Å²) in [4.78, 5) is 21.2. The van der Waals surface area contributed by atoms with E-state index in [4.69, 9.17) is 9.15 Å². The summed E-state index contributed by atoms with van der Waals surface area (Å²) in [5, 5.41) is 9.46. The summed E-state index contributed by atoms with van der Waals surface area (Å²) in [5.41, 5.74) is -0.783. The molecule has 0 saturated carbocycles. The van der Waals surface area contributed by atoms with Crippen LogP contribution >= 0.6 is 0 Å². The van der Waals surface area contributed by atoms with Gasteiger partial charge in [-0.1, -0.05) is 0 Å². The Hall–Kier alpha value is -2.62. The minimum Gasteiger partial charge on any atom is -0.468 e. The van der Waals surface area contributed by atoms with Crippen molar-refractivity contribution in [3.05, 3.63) is 41.2 Å². The second kappa shape index (κ2) is 6.60. The summed E-state index contributed by atoms with van der Waals surface area (Å²) in [6.45, 7) is 3.06. The maximum absolute atomic E-state index is 12.7. The number of β-amino-alcohol motifs (C(OH)–C–C–N with tert-alkyl or cyclic N) is 1. The van der Waals surface area contributed by atoms with Crippen LogP contribution in [-0.4, -0.2) is 44.6 Å². The number of ether oxygens (including phenoxy) is 1. The summed E-state index contributed by atoms with van der Waals surface area (Å²) in [6.07, 6.45) is -3.16. The lowest BCUT2D eigenvalue weighted by Crippen LogP contribution is -2.60. The van der Waals surface area contributed by atoms with Crippen LogP contribution in [0.4, 0.5) is 13.2 Å². The van der Waals surface area contributed by atoms with Gasteiger partial charge in [-0.2, -0.15) is 13.2 Å². The molecule has 0 bridgehead atoms. The fourth-order valence-corrected chi connectivity index (χ4v) is 2.52. The fourth-order valence-electron chi connectivity index (χ4n) is 2.52. The van der Waals surface area contributed by atoms with E-state index in [0.717, 1.165) is 0 Å². The van der Waals surface area contributed by atoms with Crippen LogP contribution in [0.5, 0.6) is 5.88 Å². The molecule has 1 aliphatic rings. The third-order valence-corrected chi connectivity index (χ3v) is 4.20. The molecule has 2 aromatic rings. The van der Waals surface area contributed by atoms with Crippen molar-refractivity contribution in [2.75, 3.05) is 6.54 Å². The minimum absolute atomic E-state index is 0.0129. The number of hydrogen-bond acceptors (Lipinski definition) is 6. The van der Waals surface area contributed by atoms with Gasteiger partial charge in [0.15, 0.2) is 12.3 Å². The predicted octanol–water partition coefficient (Wildman–Crippen LogP) is 2.18. The molecule has 2 atom stereocenters. The Morgan fingerprint density at radius 2 is 2.23 bits per heavy atom. The molecule has 10 heteroatoms. The van der Waals surface area contributed by atoms with Crippen LogP contribution in [0.2, 0.25) is 0 Å². The molecule has 3 heterocycles. The number of aliphatic hydroxyl groups excluding tert-OH is 1. The maximum atomic E-state index is 12.7. The summed E-state index contributed by atoms with van der Waals surface area (Å²) in [6, 6.07) is 0.874. The molecule has 1 N–H and O–H groups in total. The van der Waals surface area contributed by atoms with Crippen molar-refractivity contribution in [2.45, 2.75) is 38.8 Å². The van der Waals surface area contributed by atoms with Crippen LogP contribution in [-0.2, 0) is 12.8 Å². The van der Waals surface area contributed by atoms with Crippen molar-refractivity contribution in [1.29, 1.82) is 0 Å². The van der Waals surface area contributed by atoms with E-state index >= 15 is 0 Å². The third kappa shape index (κ3) is 3.50. The lowest BCUT2D eigenvalue weighted by atomic mass is 10.0. The predicted molar refractivity (Wildman–Crippen MR) is 81.3 cm³/mol. The molecule has 1 amide bonds. The van der Waals surface area contributed by atoms with Crippen LogP contribution in [0.1, 0.15) is 34.4 Å². The molecular weight excluding hydrogens is 355 g/mol. The number of amides is 1. The quantitative estimate of drug-likeness (QED) is 0.886. The Balaban J connectivity index is 1.62. The van der Waals surface area contributed by atoms with E-state index in [1.54, 1.807) is 6.92 Å². The minimum atomic E-state index is -4.48. The normalized spacial score (nSPS) is 20.0. The van der Waals surface area contributed by atoms with Gasteiger partial charge in [-0.05, 0) is 19.4 Å². The maximum Gasteiger partial charge on any atom is 0.418 e. The monoisotopic (exact) mass is 371 g/mol. The molecule has 1 fully saturated rings. The summed E-state index contributed by atoms with van der Waals surface area (Å²) in [7, 11) is 0. The molecule has 26 heavy (non-hydrogen) atoms. The molecule has 7 nitrogen and oxygen atoms in total. The SMILES string of the molecule is Cc1cc(OCc2nc(C(=O)N3C[C@H](O)[C@@H]3C)co2)ncc1C(F)(F)F. The summed E-state index contributed by atoms with van der Waals surface area (Å²) < 4.78 is 48.5. The van der Waals surface area contributed by atoms with Gasteiger partial charge in [0.25, 0.3) is 5.91 Å². The van der Waals surface area contributed by atoms with E-state index in [0.29, 0.717) is 6.20 Å². The number of hydrogen-bond donors (Lipinski definition) is 1. The first kappa shape index (κ1) is 18.2. The van der Waals surface area contributed by atoms with E-state index in [-0.39, 0.29) is 48.1 Å². The van der Waals surface area contributed by atoms with Gasteiger partial charge in [-0.25, -0.2) is 9.97 Å². The number of oxazole rings is 1. The number of alkyl halides is 3. The molecule has 140 valence electrons. The number of carbonyl (C=O) groups excluding carboxylic acids is 1. The highest BCUT2D eigenvalue weighted by atomic mass is 19.4. The van der Waals surface area contributed by atoms with Gasteiger partial charge in [0.05, 0.1) is 17.7 Å². The van der Waals surface area contributed by atoms with E-state index in [2.05, 4.69) is 9.97 Å². The average Bonchev–Trinajstić information content (AvgIpc) is 3.05. The zero-order chi connectivity index (χ0) is 19.1. The van der Waals surface area contributed by atoms with E-state index in [9.17, 15) is 23.1 Å². The highest BCUT2D eigenvalue weighted by Gasteiger charge is 2.38. The first-order valence-corrected chi connectivity index (χ1v) is 7.77. The number of pyridine rings is 1. The Labute approximate surface area is 146 Å². The third-order valence-electron chi connectivity index (χ3n) is 4.20. The number of aliphatic hydroxyl groups is 1. The number of rotatable bonds is 4. The highest BCUT2D eigenvalue weighted by Crippen LogP contribution is 2.32. The van der Waals surface area contributed by atoms with Crippen LogP contribution < -0.4 is 4.74 Å². The van der Waals surface area contributed by atoms with Crippen molar-refractivity contribution in [3.8, 4) is 5.88 Å². The van der Waals surface area contributed by atoms with Gasteiger partial charge < -0.3 is 19.2 Å². The van der Waals surface area contributed by atoms with Gasteiger partial charge in [0.2, 0.25) is 11.8 Å². The fraction of sp³-hybridized carbons (Fsp3) is 0.438. The van der Waals surface area contributed by atoms with Crippen molar-refractivity contribution >= 4 is 5.91 Å². The highest BCUT2D eigenvalue weighted by molar-refractivity contribution is 5.92. The standard InChI is InChI=1S/C16H16F3N3O4/c1-8-3-13(20-4-10(8)16(17,18)19)26-7-14-21-11(6-25-14)15(24)22-5-12(23)9(22)2/h3-4,6,9,12,23H,5,7H2,1-2H3/t9-,12-/m0/s1. The molecule has 1 aliphatic heterocycles. The van der Waals surface area contributed by atoms with E-state index in [1.807, 2.05) is 0 Å². The van der Waals surface area contributed by atoms with Gasteiger partial charge in [-0.3, -0.25) is 4.79 Å². The van der Waals surface area contributed by atoms with Crippen LogP contribution in [0.25, 0.3) is 0 Å². The molecular formula is C16H16F3N3O4. The number of aryl methyl sites for hydroxylation is 1. The van der Waals surface area contributed by atoms with Crippen molar-refractivity contribution in [3.63, 3.8) is 0 Å². The average molecular weight is 371 g/mol. The smallest absolute Gasteiger partial charge is 0.418 e. The van der Waals surface area contributed by atoms with Crippen molar-refractivity contribution in [1.82, 2.24) is 14.9 Å².